The molecule has 1 heterocycles. The second-order valence-electron chi connectivity index (χ2n) is 5.70. The summed E-state index contributed by atoms with van der Waals surface area (Å²) in [6.45, 7) is 4.93. The third-order valence-electron chi connectivity index (χ3n) is 4.00. The predicted molar refractivity (Wildman–Crippen MR) is 79.2 cm³/mol. The topological polar surface area (TPSA) is 20.3 Å². The largest absolute Gasteiger partial charge is 0.298 e. The molecule has 1 aliphatic heterocycles. The summed E-state index contributed by atoms with van der Waals surface area (Å²) in [5, 5.41) is 0. The lowest BCUT2D eigenvalue weighted by atomic mass is 9.90. The van der Waals surface area contributed by atoms with Crippen LogP contribution in [0.4, 0.5) is 0 Å². The molecular formula is C17H25NO. The molecule has 1 aromatic rings. The van der Waals surface area contributed by atoms with Crippen molar-refractivity contribution in [1.82, 2.24) is 4.90 Å². The first-order valence-corrected chi connectivity index (χ1v) is 7.56. The Labute approximate surface area is 116 Å². The van der Waals surface area contributed by atoms with Gasteiger partial charge in [-0.3, -0.25) is 9.69 Å². The minimum absolute atomic E-state index is 0.406. The van der Waals surface area contributed by atoms with Crippen LogP contribution in [0.2, 0.25) is 0 Å². The van der Waals surface area contributed by atoms with E-state index in [4.69, 9.17) is 0 Å². The number of benzene rings is 1. The van der Waals surface area contributed by atoms with Crippen LogP contribution >= 0.6 is 0 Å². The Morgan fingerprint density at radius 3 is 2.53 bits per heavy atom. The molecule has 19 heavy (non-hydrogen) atoms. The standard InChI is InChI=1S/C17H25NO/c1-2-6-17(19)14-18-11-9-16(10-12-18)13-15-7-4-3-5-8-15/h3-5,7-8,16H,2,6,9-14H2,1H3. The minimum Gasteiger partial charge on any atom is -0.298 e. The number of nitrogens with zero attached hydrogens (tertiary/aromatic N) is 1. The average Bonchev–Trinajstić information content (AvgIpc) is 2.42. The Bertz CT molecular complexity index is 380. The molecule has 0 aliphatic carbocycles. The highest BCUT2D eigenvalue weighted by atomic mass is 16.1. The van der Waals surface area contributed by atoms with E-state index in [-0.39, 0.29) is 0 Å². The Kier molecular flexibility index (Phi) is 5.59. The van der Waals surface area contributed by atoms with Gasteiger partial charge < -0.3 is 0 Å². The molecular weight excluding hydrogens is 234 g/mol. The first kappa shape index (κ1) is 14.3. The van der Waals surface area contributed by atoms with Crippen LogP contribution in [0.15, 0.2) is 30.3 Å². The van der Waals surface area contributed by atoms with Crippen molar-refractivity contribution >= 4 is 5.78 Å². The highest BCUT2D eigenvalue weighted by Crippen LogP contribution is 2.21. The molecule has 0 radical (unpaired) electrons. The van der Waals surface area contributed by atoms with Gasteiger partial charge in [-0.05, 0) is 50.3 Å². The Hall–Kier alpha value is -1.15. The van der Waals surface area contributed by atoms with Crippen LogP contribution in [0, 0.1) is 5.92 Å². The zero-order valence-electron chi connectivity index (χ0n) is 12.0. The number of hydrogen-bond acceptors (Lipinski definition) is 2. The first-order valence-electron chi connectivity index (χ1n) is 7.56. The molecule has 2 rings (SSSR count). The van der Waals surface area contributed by atoms with E-state index in [0.717, 1.165) is 31.8 Å². The summed E-state index contributed by atoms with van der Waals surface area (Å²) in [6, 6.07) is 10.8. The molecule has 1 fully saturated rings. The number of carbonyl (C=O) groups excluding carboxylic acids is 1. The van der Waals surface area contributed by atoms with Gasteiger partial charge in [0.15, 0.2) is 0 Å². The predicted octanol–water partition coefficient (Wildman–Crippen LogP) is 3.31. The fraction of sp³-hybridized carbons (Fsp3) is 0.588. The van der Waals surface area contributed by atoms with E-state index in [1.807, 2.05) is 0 Å². The molecule has 1 aliphatic rings. The molecule has 0 spiro atoms. The smallest absolute Gasteiger partial charge is 0.146 e. The van der Waals surface area contributed by atoms with Gasteiger partial charge in [-0.2, -0.15) is 0 Å². The van der Waals surface area contributed by atoms with Crippen LogP contribution < -0.4 is 0 Å². The maximum atomic E-state index is 11.6. The van der Waals surface area contributed by atoms with Gasteiger partial charge in [0, 0.05) is 6.42 Å². The number of rotatable bonds is 6. The lowest BCUT2D eigenvalue weighted by molar-refractivity contribution is -0.120. The summed E-state index contributed by atoms with van der Waals surface area (Å²) in [6.07, 6.45) is 5.37. The van der Waals surface area contributed by atoms with Crippen molar-refractivity contribution < 1.29 is 4.79 Å². The number of piperidine rings is 1. The molecule has 0 unspecified atom stereocenters. The summed E-state index contributed by atoms with van der Waals surface area (Å²) in [7, 11) is 0. The average molecular weight is 259 g/mol. The van der Waals surface area contributed by atoms with Crippen molar-refractivity contribution in [2.75, 3.05) is 19.6 Å². The van der Waals surface area contributed by atoms with E-state index in [1.165, 1.54) is 24.8 Å². The van der Waals surface area contributed by atoms with Crippen molar-refractivity contribution in [2.24, 2.45) is 5.92 Å². The molecule has 0 bridgehead atoms. The van der Waals surface area contributed by atoms with Gasteiger partial charge >= 0.3 is 0 Å². The number of carbonyl (C=O) groups is 1. The minimum atomic E-state index is 0.406. The summed E-state index contributed by atoms with van der Waals surface area (Å²) in [5.41, 5.74) is 1.45. The zero-order valence-corrected chi connectivity index (χ0v) is 12.0. The molecule has 0 amide bonds. The van der Waals surface area contributed by atoms with E-state index in [1.54, 1.807) is 0 Å². The van der Waals surface area contributed by atoms with Gasteiger partial charge in [-0.15, -0.1) is 0 Å². The first-order chi connectivity index (χ1) is 9.28. The highest BCUT2D eigenvalue weighted by Gasteiger charge is 2.20. The normalized spacial score (nSPS) is 17.5. The van der Waals surface area contributed by atoms with Crippen LogP contribution in [-0.4, -0.2) is 30.3 Å². The molecule has 104 valence electrons. The third-order valence-corrected chi connectivity index (χ3v) is 4.00. The van der Waals surface area contributed by atoms with Gasteiger partial charge in [0.05, 0.1) is 6.54 Å². The molecule has 0 atom stereocenters. The monoisotopic (exact) mass is 259 g/mol. The van der Waals surface area contributed by atoms with Crippen LogP contribution in [0.25, 0.3) is 0 Å². The maximum absolute atomic E-state index is 11.6. The Morgan fingerprint density at radius 2 is 1.89 bits per heavy atom. The molecule has 0 saturated carbocycles. The number of likely N-dealkylation sites (tertiary alicyclic amines) is 1. The fourth-order valence-corrected chi connectivity index (χ4v) is 2.90. The van der Waals surface area contributed by atoms with Gasteiger partial charge in [0.2, 0.25) is 0 Å². The van der Waals surface area contributed by atoms with Crippen molar-refractivity contribution in [1.29, 1.82) is 0 Å². The van der Waals surface area contributed by atoms with E-state index in [9.17, 15) is 4.79 Å². The number of Topliss-reactive ketones (excluding diaryl/α,β-unsaturated/α-hetero) is 1. The molecule has 1 aromatic carbocycles. The summed E-state index contributed by atoms with van der Waals surface area (Å²) >= 11 is 0. The lowest BCUT2D eigenvalue weighted by Gasteiger charge is -2.31. The van der Waals surface area contributed by atoms with Gasteiger partial charge in [0.25, 0.3) is 0 Å². The third kappa shape index (κ3) is 4.79. The zero-order chi connectivity index (χ0) is 13.5. The van der Waals surface area contributed by atoms with E-state index in [0.29, 0.717) is 12.3 Å². The van der Waals surface area contributed by atoms with Crippen molar-refractivity contribution in [3.05, 3.63) is 35.9 Å². The molecule has 2 nitrogen and oxygen atoms in total. The Balaban J connectivity index is 1.72. The number of hydrogen-bond donors (Lipinski definition) is 0. The van der Waals surface area contributed by atoms with Crippen LogP contribution in [0.3, 0.4) is 0 Å². The second kappa shape index (κ2) is 7.44. The van der Waals surface area contributed by atoms with Gasteiger partial charge in [0.1, 0.15) is 5.78 Å². The molecule has 2 heteroatoms. The maximum Gasteiger partial charge on any atom is 0.146 e. The van der Waals surface area contributed by atoms with Crippen molar-refractivity contribution in [2.45, 2.75) is 39.0 Å². The second-order valence-corrected chi connectivity index (χ2v) is 5.70. The van der Waals surface area contributed by atoms with E-state index in [2.05, 4.69) is 42.2 Å². The fourth-order valence-electron chi connectivity index (χ4n) is 2.90. The van der Waals surface area contributed by atoms with Crippen molar-refractivity contribution in [3.8, 4) is 0 Å². The summed E-state index contributed by atoms with van der Waals surface area (Å²) < 4.78 is 0. The molecule has 1 saturated heterocycles. The van der Waals surface area contributed by atoms with E-state index < -0.39 is 0 Å². The molecule has 0 aromatic heterocycles. The van der Waals surface area contributed by atoms with E-state index >= 15 is 0 Å². The van der Waals surface area contributed by atoms with Crippen LogP contribution in [0.5, 0.6) is 0 Å². The lowest BCUT2D eigenvalue weighted by Crippen LogP contribution is -2.37. The summed E-state index contributed by atoms with van der Waals surface area (Å²) in [5.74, 6) is 1.20. The van der Waals surface area contributed by atoms with Gasteiger partial charge in [-0.25, -0.2) is 0 Å². The SMILES string of the molecule is CCCC(=O)CN1CCC(Cc2ccccc2)CC1. The molecule has 0 N–H and O–H groups in total. The van der Waals surface area contributed by atoms with Crippen LogP contribution in [-0.2, 0) is 11.2 Å². The Morgan fingerprint density at radius 1 is 1.21 bits per heavy atom. The quantitative estimate of drug-likeness (QED) is 0.781. The number of ketones is 1. The van der Waals surface area contributed by atoms with Gasteiger partial charge in [-0.1, -0.05) is 37.3 Å². The summed E-state index contributed by atoms with van der Waals surface area (Å²) in [4.78, 5) is 14.0. The highest BCUT2D eigenvalue weighted by molar-refractivity contribution is 5.80. The van der Waals surface area contributed by atoms with Crippen molar-refractivity contribution in [3.63, 3.8) is 0 Å². The van der Waals surface area contributed by atoms with Crippen LogP contribution in [0.1, 0.15) is 38.2 Å².